The summed E-state index contributed by atoms with van der Waals surface area (Å²) in [4.78, 5) is 41.9. The van der Waals surface area contributed by atoms with E-state index >= 15 is 0 Å². The average Bonchev–Trinajstić information content (AvgIpc) is 3.42. The molecule has 192 valence electrons. The van der Waals surface area contributed by atoms with E-state index in [0.717, 1.165) is 25.7 Å². The number of halogens is 3. The number of rotatable bonds is 7. The summed E-state index contributed by atoms with van der Waals surface area (Å²) in [6.07, 6.45) is 5.71. The quantitative estimate of drug-likeness (QED) is 0.581. The molecular formula is C26H28F3N3O4. The van der Waals surface area contributed by atoms with Crippen LogP contribution >= 0.6 is 0 Å². The molecule has 1 saturated heterocycles. The van der Waals surface area contributed by atoms with Crippen LogP contribution in [0.1, 0.15) is 78.4 Å². The molecule has 1 aromatic heterocycles. The van der Waals surface area contributed by atoms with Gasteiger partial charge in [-0.15, -0.1) is 0 Å². The maximum atomic E-state index is 14.2. The maximum absolute atomic E-state index is 14.2. The zero-order valence-electron chi connectivity index (χ0n) is 20.2. The molecule has 1 saturated carbocycles. The minimum absolute atomic E-state index is 0.00742. The molecule has 2 amide bonds. The van der Waals surface area contributed by atoms with Gasteiger partial charge in [-0.05, 0) is 38.5 Å². The molecule has 5 rings (SSSR count). The summed E-state index contributed by atoms with van der Waals surface area (Å²) < 4.78 is 49.2. The normalized spacial score (nSPS) is 22.9. The molecule has 2 aliphatic heterocycles. The van der Waals surface area contributed by atoms with Crippen LogP contribution < -0.4 is 15.5 Å². The number of benzene rings is 1. The van der Waals surface area contributed by atoms with Crippen LogP contribution in [0.3, 0.4) is 0 Å². The van der Waals surface area contributed by atoms with Crippen molar-refractivity contribution in [2.24, 2.45) is 5.92 Å². The first-order valence-electron chi connectivity index (χ1n) is 12.4. The van der Waals surface area contributed by atoms with E-state index in [1.54, 1.807) is 4.57 Å². The first kappa shape index (κ1) is 24.4. The van der Waals surface area contributed by atoms with Crippen LogP contribution in [-0.4, -0.2) is 40.0 Å². The molecule has 1 N–H and O–H groups in total. The molecule has 0 unspecified atom stereocenters. The minimum Gasteiger partial charge on any atom is -0.487 e. The number of piperidine rings is 1. The molecule has 3 aliphatic rings. The fourth-order valence-electron chi connectivity index (χ4n) is 5.90. The summed E-state index contributed by atoms with van der Waals surface area (Å²) in [7, 11) is 0. The highest BCUT2D eigenvalue weighted by atomic mass is 19.1. The number of hydrogen-bond acceptors (Lipinski definition) is 4. The van der Waals surface area contributed by atoms with Crippen LogP contribution in [0.25, 0.3) is 0 Å². The second-order valence-electron chi connectivity index (χ2n) is 9.89. The number of hydrogen-bond donors (Lipinski definition) is 1. The standard InChI is InChI=1S/C26H28F3N3O4/c1-3-4-7-36-24-22-26(35)32-16-6-5-14(8-16)20(32)12-31(22)11-17(23(24)33)25(34)30-13(2)21-18(28)9-15(27)10-19(21)29/h9-11,13-14,16,20H,3-8,12H2,1-2H3,(H,30,34)/t13-,14-,16+,20+/m1/s1. The van der Waals surface area contributed by atoms with Crippen molar-refractivity contribution in [3.63, 3.8) is 0 Å². The van der Waals surface area contributed by atoms with Gasteiger partial charge in [0.1, 0.15) is 23.0 Å². The highest BCUT2D eigenvalue weighted by Gasteiger charge is 2.51. The van der Waals surface area contributed by atoms with Gasteiger partial charge < -0.3 is 19.5 Å². The lowest BCUT2D eigenvalue weighted by Crippen LogP contribution is -2.52. The van der Waals surface area contributed by atoms with Gasteiger partial charge in [-0.3, -0.25) is 14.4 Å². The first-order valence-corrected chi connectivity index (χ1v) is 12.4. The number of fused-ring (bicyclic) bond motifs is 6. The number of amides is 2. The van der Waals surface area contributed by atoms with Gasteiger partial charge in [-0.25, -0.2) is 13.2 Å². The van der Waals surface area contributed by atoms with Gasteiger partial charge in [0, 0.05) is 36.5 Å². The summed E-state index contributed by atoms with van der Waals surface area (Å²) in [6, 6.07) is 0.0180. The third-order valence-electron chi connectivity index (χ3n) is 7.61. The van der Waals surface area contributed by atoms with Crippen molar-refractivity contribution in [3.05, 3.63) is 62.8 Å². The molecular weight excluding hydrogens is 475 g/mol. The molecule has 0 spiro atoms. The lowest BCUT2D eigenvalue weighted by molar-refractivity contribution is 0.0479. The van der Waals surface area contributed by atoms with Crippen LogP contribution in [0.4, 0.5) is 13.2 Å². The number of pyridine rings is 1. The Hall–Kier alpha value is -3.30. The molecule has 0 radical (unpaired) electrons. The SMILES string of the molecule is CCCCOc1c2n(cc(C(=O)N[C@H](C)c3c(F)cc(F)cc3F)c1=O)C[C@H]1[C@@H]3CC[C@@H](C3)N1C2=O. The van der Waals surface area contributed by atoms with E-state index in [1.165, 1.54) is 13.1 Å². The third kappa shape index (κ3) is 3.96. The van der Waals surface area contributed by atoms with Crippen molar-refractivity contribution in [2.45, 2.75) is 70.6 Å². The molecule has 2 aromatic rings. The van der Waals surface area contributed by atoms with Crippen LogP contribution in [-0.2, 0) is 6.54 Å². The lowest BCUT2D eigenvalue weighted by atomic mass is 9.95. The van der Waals surface area contributed by atoms with Gasteiger partial charge in [0.05, 0.1) is 18.7 Å². The van der Waals surface area contributed by atoms with E-state index in [2.05, 4.69) is 5.32 Å². The lowest BCUT2D eigenvalue weighted by Gasteiger charge is -2.40. The Balaban J connectivity index is 1.51. The summed E-state index contributed by atoms with van der Waals surface area (Å²) in [5.74, 6) is -4.30. The summed E-state index contributed by atoms with van der Waals surface area (Å²) in [6.45, 7) is 3.93. The minimum atomic E-state index is -1.19. The molecule has 4 atom stereocenters. The van der Waals surface area contributed by atoms with E-state index in [-0.39, 0.29) is 41.6 Å². The van der Waals surface area contributed by atoms with E-state index in [9.17, 15) is 27.6 Å². The Morgan fingerprint density at radius 2 is 1.92 bits per heavy atom. The summed E-state index contributed by atoms with van der Waals surface area (Å²) >= 11 is 0. The summed E-state index contributed by atoms with van der Waals surface area (Å²) in [5, 5.41) is 2.43. The van der Waals surface area contributed by atoms with Crippen LogP contribution in [0.5, 0.6) is 5.75 Å². The van der Waals surface area contributed by atoms with E-state index in [4.69, 9.17) is 4.74 Å². The zero-order chi connectivity index (χ0) is 25.7. The van der Waals surface area contributed by atoms with Gasteiger partial charge in [0.2, 0.25) is 5.43 Å². The number of nitrogens with one attached hydrogen (secondary N) is 1. The highest BCUT2D eigenvalue weighted by Crippen LogP contribution is 2.46. The molecule has 7 nitrogen and oxygen atoms in total. The van der Waals surface area contributed by atoms with Crippen LogP contribution in [0.2, 0.25) is 0 Å². The largest absolute Gasteiger partial charge is 0.487 e. The molecule has 3 heterocycles. The Kier molecular flexibility index (Phi) is 6.30. The fraction of sp³-hybridized carbons (Fsp3) is 0.500. The Labute approximate surface area is 206 Å². The number of carbonyl (C=O) groups is 2. The zero-order valence-corrected chi connectivity index (χ0v) is 20.2. The molecule has 1 aliphatic carbocycles. The van der Waals surface area contributed by atoms with Crippen molar-refractivity contribution >= 4 is 11.8 Å². The first-order chi connectivity index (χ1) is 17.2. The topological polar surface area (TPSA) is 80.6 Å². The Bertz CT molecular complexity index is 1270. The van der Waals surface area contributed by atoms with Gasteiger partial charge in [0.15, 0.2) is 11.4 Å². The van der Waals surface area contributed by atoms with Gasteiger partial charge in [0.25, 0.3) is 11.8 Å². The van der Waals surface area contributed by atoms with E-state index < -0.39 is 40.4 Å². The molecule has 2 fully saturated rings. The maximum Gasteiger partial charge on any atom is 0.275 e. The Morgan fingerprint density at radius 3 is 2.61 bits per heavy atom. The van der Waals surface area contributed by atoms with Crippen molar-refractivity contribution < 1.29 is 27.5 Å². The number of carbonyl (C=O) groups excluding carboxylic acids is 2. The van der Waals surface area contributed by atoms with Gasteiger partial charge in [-0.2, -0.15) is 0 Å². The molecule has 36 heavy (non-hydrogen) atoms. The van der Waals surface area contributed by atoms with E-state index in [0.29, 0.717) is 31.0 Å². The smallest absolute Gasteiger partial charge is 0.275 e. The predicted octanol–water partition coefficient (Wildman–Crippen LogP) is 3.94. The second kappa shape index (κ2) is 9.29. The van der Waals surface area contributed by atoms with Crippen molar-refractivity contribution in [1.82, 2.24) is 14.8 Å². The Morgan fingerprint density at radius 1 is 1.19 bits per heavy atom. The molecule has 10 heteroatoms. The predicted molar refractivity (Wildman–Crippen MR) is 124 cm³/mol. The number of aromatic nitrogens is 1. The van der Waals surface area contributed by atoms with Crippen molar-refractivity contribution in [1.29, 1.82) is 0 Å². The van der Waals surface area contributed by atoms with Crippen molar-refractivity contribution in [2.75, 3.05) is 6.61 Å². The number of ether oxygens (including phenoxy) is 1. The monoisotopic (exact) mass is 503 g/mol. The average molecular weight is 504 g/mol. The molecule has 1 aromatic carbocycles. The number of unbranched alkanes of at least 4 members (excludes halogenated alkanes) is 1. The molecule has 2 bridgehead atoms. The van der Waals surface area contributed by atoms with Gasteiger partial charge >= 0.3 is 0 Å². The second-order valence-corrected chi connectivity index (χ2v) is 9.89. The van der Waals surface area contributed by atoms with Gasteiger partial charge in [-0.1, -0.05) is 13.3 Å². The summed E-state index contributed by atoms with van der Waals surface area (Å²) in [5.41, 5.74) is -1.42. The van der Waals surface area contributed by atoms with Crippen molar-refractivity contribution in [3.8, 4) is 5.75 Å². The van der Waals surface area contributed by atoms with E-state index in [1.807, 2.05) is 11.8 Å². The number of nitrogens with zero attached hydrogens (tertiary/aromatic N) is 2. The highest BCUT2D eigenvalue weighted by molar-refractivity contribution is 5.99. The third-order valence-corrected chi connectivity index (χ3v) is 7.61. The van der Waals surface area contributed by atoms with Crippen LogP contribution in [0.15, 0.2) is 23.1 Å². The fourth-order valence-corrected chi connectivity index (χ4v) is 5.90. The van der Waals surface area contributed by atoms with Crippen LogP contribution in [0, 0.1) is 23.4 Å².